The molecule has 2 atom stereocenters. The Bertz CT molecular complexity index is 713. The minimum atomic E-state index is -0.981. The first-order valence-corrected chi connectivity index (χ1v) is 10.1. The molecule has 1 aromatic carbocycles. The van der Waals surface area contributed by atoms with Crippen molar-refractivity contribution in [3.8, 4) is 0 Å². The van der Waals surface area contributed by atoms with Crippen molar-refractivity contribution in [1.29, 1.82) is 0 Å². The third-order valence-electron chi connectivity index (χ3n) is 5.95. The summed E-state index contributed by atoms with van der Waals surface area (Å²) in [6, 6.07) is 5.40. The molecule has 0 aromatic heterocycles. The summed E-state index contributed by atoms with van der Waals surface area (Å²) in [5, 5.41) is 11.8. The number of likely N-dealkylation sites (tertiary alicyclic amines) is 1. The molecule has 1 unspecified atom stereocenters. The van der Waals surface area contributed by atoms with Crippen molar-refractivity contribution >= 4 is 17.8 Å². The van der Waals surface area contributed by atoms with Crippen LogP contribution in [0.25, 0.3) is 0 Å². The van der Waals surface area contributed by atoms with Gasteiger partial charge in [-0.25, -0.2) is 4.79 Å². The highest BCUT2D eigenvalue weighted by atomic mass is 16.4. The van der Waals surface area contributed by atoms with E-state index in [1.165, 1.54) is 18.6 Å². The van der Waals surface area contributed by atoms with E-state index in [0.29, 0.717) is 19.5 Å². The first-order chi connectivity index (χ1) is 13.5. The lowest BCUT2D eigenvalue weighted by Gasteiger charge is -2.32. The second-order valence-corrected chi connectivity index (χ2v) is 7.83. The van der Waals surface area contributed by atoms with Gasteiger partial charge in [-0.1, -0.05) is 31.4 Å². The normalized spacial score (nSPS) is 21.3. The number of hydrogen-bond acceptors (Lipinski definition) is 4. The summed E-state index contributed by atoms with van der Waals surface area (Å²) in [6.45, 7) is 0.872. The summed E-state index contributed by atoms with van der Waals surface area (Å²) in [6.07, 6.45) is 6.88. The molecule has 0 spiro atoms. The number of carbonyl (C=O) groups is 3. The van der Waals surface area contributed by atoms with Gasteiger partial charge >= 0.3 is 5.97 Å². The van der Waals surface area contributed by atoms with Crippen LogP contribution >= 0.6 is 0 Å². The van der Waals surface area contributed by atoms with Gasteiger partial charge in [0, 0.05) is 13.1 Å². The lowest BCUT2D eigenvalue weighted by Crippen LogP contribution is -2.53. The van der Waals surface area contributed by atoms with Gasteiger partial charge in [-0.05, 0) is 49.3 Å². The Morgan fingerprint density at radius 2 is 1.75 bits per heavy atom. The van der Waals surface area contributed by atoms with Gasteiger partial charge in [0.1, 0.15) is 6.04 Å². The molecule has 2 fully saturated rings. The second-order valence-electron chi connectivity index (χ2n) is 7.83. The smallest absolute Gasteiger partial charge is 0.335 e. The van der Waals surface area contributed by atoms with Crippen LogP contribution in [-0.4, -0.2) is 46.4 Å². The largest absolute Gasteiger partial charge is 0.478 e. The Balaban J connectivity index is 1.56. The van der Waals surface area contributed by atoms with E-state index in [1.54, 1.807) is 17.0 Å². The van der Waals surface area contributed by atoms with Crippen LogP contribution < -0.4 is 11.1 Å². The number of aromatic carboxylic acids is 1. The number of carboxylic acids is 1. The van der Waals surface area contributed by atoms with Crippen molar-refractivity contribution < 1.29 is 19.5 Å². The molecule has 1 heterocycles. The minimum absolute atomic E-state index is 0.102. The fourth-order valence-corrected chi connectivity index (χ4v) is 4.26. The van der Waals surface area contributed by atoms with E-state index in [9.17, 15) is 14.4 Å². The molecule has 1 saturated heterocycles. The van der Waals surface area contributed by atoms with Crippen LogP contribution in [0.2, 0.25) is 0 Å². The molecule has 7 heteroatoms. The Morgan fingerprint density at radius 1 is 1.07 bits per heavy atom. The van der Waals surface area contributed by atoms with Crippen molar-refractivity contribution in [2.75, 3.05) is 6.54 Å². The summed E-state index contributed by atoms with van der Waals surface area (Å²) in [5.74, 6) is -1.04. The molecule has 1 aromatic rings. The average Bonchev–Trinajstić information content (AvgIpc) is 3.22. The predicted molar refractivity (Wildman–Crippen MR) is 105 cm³/mol. The molecular formula is C21H29N3O4. The maximum Gasteiger partial charge on any atom is 0.335 e. The zero-order valence-electron chi connectivity index (χ0n) is 16.1. The molecule has 2 aliphatic rings. The topological polar surface area (TPSA) is 113 Å². The van der Waals surface area contributed by atoms with Gasteiger partial charge < -0.3 is 21.1 Å². The van der Waals surface area contributed by atoms with E-state index in [0.717, 1.165) is 37.7 Å². The van der Waals surface area contributed by atoms with Crippen LogP contribution in [0.4, 0.5) is 0 Å². The third-order valence-corrected chi connectivity index (χ3v) is 5.95. The fraction of sp³-hybridized carbons (Fsp3) is 0.571. The molecule has 1 saturated carbocycles. The zero-order valence-corrected chi connectivity index (χ0v) is 16.1. The van der Waals surface area contributed by atoms with Crippen molar-refractivity contribution in [2.24, 2.45) is 11.7 Å². The number of nitrogens with two attached hydrogens (primary N) is 1. The van der Waals surface area contributed by atoms with E-state index >= 15 is 0 Å². The molecule has 1 aliphatic heterocycles. The van der Waals surface area contributed by atoms with Gasteiger partial charge in [0.25, 0.3) is 0 Å². The number of hydrogen-bond donors (Lipinski definition) is 3. The molecule has 4 N–H and O–H groups in total. The van der Waals surface area contributed by atoms with Gasteiger partial charge in [0.15, 0.2) is 0 Å². The number of benzene rings is 1. The monoisotopic (exact) mass is 387 g/mol. The summed E-state index contributed by atoms with van der Waals surface area (Å²) in [5.41, 5.74) is 7.29. The number of nitrogens with one attached hydrogen (secondary N) is 1. The Morgan fingerprint density at radius 3 is 2.39 bits per heavy atom. The molecule has 3 rings (SSSR count). The number of amides is 2. The average molecular weight is 387 g/mol. The van der Waals surface area contributed by atoms with Crippen LogP contribution in [0.5, 0.6) is 0 Å². The van der Waals surface area contributed by atoms with Crippen molar-refractivity contribution in [2.45, 2.75) is 63.6 Å². The fourth-order valence-electron chi connectivity index (χ4n) is 4.26. The standard InChI is InChI=1S/C21H29N3O4/c22-18(15-5-2-1-3-6-15)20(26)24-12-4-7-17(24)19(25)23-13-14-8-10-16(11-9-14)21(27)28/h8-11,15,17-18H,1-7,12-13,22H2,(H,23,25)(H,27,28)/t17-,18?/m0/s1. The van der Waals surface area contributed by atoms with E-state index in [4.69, 9.17) is 10.8 Å². The quantitative estimate of drug-likeness (QED) is 0.690. The van der Waals surface area contributed by atoms with Crippen molar-refractivity contribution in [3.63, 3.8) is 0 Å². The zero-order chi connectivity index (χ0) is 20.1. The molecule has 28 heavy (non-hydrogen) atoms. The van der Waals surface area contributed by atoms with Crippen LogP contribution in [0.3, 0.4) is 0 Å². The lowest BCUT2D eigenvalue weighted by molar-refractivity contribution is -0.140. The Kier molecular flexibility index (Phi) is 6.67. The van der Waals surface area contributed by atoms with Gasteiger partial charge in [-0.3, -0.25) is 9.59 Å². The second kappa shape index (κ2) is 9.19. The summed E-state index contributed by atoms with van der Waals surface area (Å²) < 4.78 is 0. The van der Waals surface area contributed by atoms with Crippen LogP contribution in [-0.2, 0) is 16.1 Å². The van der Waals surface area contributed by atoms with E-state index < -0.39 is 18.1 Å². The highest BCUT2D eigenvalue weighted by Gasteiger charge is 2.38. The van der Waals surface area contributed by atoms with Gasteiger partial charge in [-0.15, -0.1) is 0 Å². The Labute approximate surface area is 165 Å². The highest BCUT2D eigenvalue weighted by Crippen LogP contribution is 2.28. The third kappa shape index (κ3) is 4.70. The summed E-state index contributed by atoms with van der Waals surface area (Å²) in [7, 11) is 0. The SMILES string of the molecule is NC(C(=O)N1CCC[C@H]1C(=O)NCc1ccc(C(=O)O)cc1)C1CCCCC1. The first kappa shape index (κ1) is 20.3. The highest BCUT2D eigenvalue weighted by molar-refractivity contribution is 5.90. The van der Waals surface area contributed by atoms with Crippen LogP contribution in [0.15, 0.2) is 24.3 Å². The van der Waals surface area contributed by atoms with E-state index in [1.807, 2.05) is 0 Å². The number of rotatable bonds is 6. The van der Waals surface area contributed by atoms with Gasteiger partial charge in [-0.2, -0.15) is 0 Å². The van der Waals surface area contributed by atoms with Crippen LogP contribution in [0.1, 0.15) is 60.9 Å². The molecule has 152 valence electrons. The molecule has 2 amide bonds. The molecule has 0 bridgehead atoms. The maximum atomic E-state index is 12.9. The molecule has 1 aliphatic carbocycles. The lowest BCUT2D eigenvalue weighted by atomic mass is 9.83. The van der Waals surface area contributed by atoms with Gasteiger partial charge in [0.05, 0.1) is 11.6 Å². The number of carbonyl (C=O) groups excluding carboxylic acids is 2. The van der Waals surface area contributed by atoms with Crippen molar-refractivity contribution in [1.82, 2.24) is 10.2 Å². The molecule has 0 radical (unpaired) electrons. The summed E-state index contributed by atoms with van der Waals surface area (Å²) >= 11 is 0. The van der Waals surface area contributed by atoms with Crippen LogP contribution in [0, 0.1) is 5.92 Å². The number of nitrogens with zero attached hydrogens (tertiary/aromatic N) is 1. The molecule has 7 nitrogen and oxygen atoms in total. The maximum absolute atomic E-state index is 12.9. The number of carboxylic acid groups (broad SMARTS) is 1. The summed E-state index contributed by atoms with van der Waals surface area (Å²) in [4.78, 5) is 38.1. The molecular weight excluding hydrogens is 358 g/mol. The van der Waals surface area contributed by atoms with Gasteiger partial charge in [0.2, 0.25) is 11.8 Å². The first-order valence-electron chi connectivity index (χ1n) is 10.1. The Hall–Kier alpha value is -2.41. The predicted octanol–water partition coefficient (Wildman–Crippen LogP) is 1.90. The van der Waals surface area contributed by atoms with E-state index in [2.05, 4.69) is 5.32 Å². The minimum Gasteiger partial charge on any atom is -0.478 e. The van der Waals surface area contributed by atoms with Crippen molar-refractivity contribution in [3.05, 3.63) is 35.4 Å². The van der Waals surface area contributed by atoms with E-state index in [-0.39, 0.29) is 23.3 Å².